The van der Waals surface area contributed by atoms with Gasteiger partial charge in [0.25, 0.3) is 11.8 Å². The Morgan fingerprint density at radius 3 is 2.42 bits per heavy atom. The number of anilines is 3. The van der Waals surface area contributed by atoms with Gasteiger partial charge in [0, 0.05) is 91.3 Å². The zero-order chi connectivity index (χ0) is 37.6. The number of nitrogens with zero attached hydrogens (tertiary/aromatic N) is 5. The molecule has 4 aromatic carbocycles. The number of aromatic hydroxyl groups is 1. The maximum atomic E-state index is 15.1. The number of benzene rings is 4. The second kappa shape index (κ2) is 14.9. The molecule has 0 unspecified atom stereocenters. The Labute approximate surface area is 327 Å². The van der Waals surface area contributed by atoms with E-state index in [1.54, 1.807) is 35.2 Å². The van der Waals surface area contributed by atoms with Crippen molar-refractivity contribution in [3.05, 3.63) is 130 Å². The SMILES string of the molecule is CN1CCc2cc(N(C(=O)c3cc(-c4cc(Cl)ccc4C(=O)N4Cc5ccccc5C[C@H]4CN4CCOCC4)c4n3CCCC4)c3ccc(O)cc3)ccc21. The highest BCUT2D eigenvalue weighted by Crippen LogP contribution is 2.40. The van der Waals surface area contributed by atoms with Crippen molar-refractivity contribution in [2.75, 3.05) is 56.2 Å². The van der Waals surface area contributed by atoms with E-state index < -0.39 is 0 Å². The first kappa shape index (κ1) is 35.6. The number of aromatic nitrogens is 1. The molecule has 0 bridgehead atoms. The average Bonchev–Trinajstić information content (AvgIpc) is 3.79. The van der Waals surface area contributed by atoms with Crippen molar-refractivity contribution >= 4 is 40.5 Å². The lowest BCUT2D eigenvalue weighted by molar-refractivity contribution is 0.0193. The van der Waals surface area contributed by atoms with E-state index in [2.05, 4.69) is 56.6 Å². The van der Waals surface area contributed by atoms with Gasteiger partial charge in [-0.15, -0.1) is 0 Å². The standard InChI is InChI=1S/C45H46ClN5O4/c1-47-19-17-31-25-35(12-16-41(31)47)51(34-10-13-37(52)14-11-34)45(54)43-27-40(42-8-4-5-18-49(42)43)39-26-33(46)9-15-38(39)44(53)50-28-32-7-3-2-6-30(32)24-36(50)29-48-20-22-55-23-21-48/h2-3,6-7,9-16,25-27,36,52H,4-5,8,17-24,28-29H2,1H3/t36-/m0/s1. The van der Waals surface area contributed by atoms with Gasteiger partial charge in [-0.2, -0.15) is 0 Å². The zero-order valence-electron chi connectivity index (χ0n) is 31.2. The fraction of sp³-hybridized carbons (Fsp3) is 0.333. The van der Waals surface area contributed by atoms with Crippen LogP contribution in [0.1, 0.15) is 56.1 Å². The minimum Gasteiger partial charge on any atom is -0.508 e. The van der Waals surface area contributed by atoms with Crippen molar-refractivity contribution in [2.24, 2.45) is 0 Å². The molecule has 9 rings (SSSR count). The number of ether oxygens (including phenoxy) is 1. The van der Waals surface area contributed by atoms with Gasteiger partial charge in [-0.3, -0.25) is 19.4 Å². The Kier molecular flexibility index (Phi) is 9.62. The lowest BCUT2D eigenvalue weighted by Crippen LogP contribution is -2.52. The summed E-state index contributed by atoms with van der Waals surface area (Å²) in [5, 5.41) is 10.7. The molecule has 5 heterocycles. The Morgan fingerprint density at radius 1 is 0.818 bits per heavy atom. The largest absolute Gasteiger partial charge is 0.508 e. The van der Waals surface area contributed by atoms with Crippen LogP contribution in [0.2, 0.25) is 5.02 Å². The average molecular weight is 756 g/mol. The van der Waals surface area contributed by atoms with Crippen LogP contribution in [0.5, 0.6) is 5.75 Å². The molecule has 0 saturated carbocycles. The number of rotatable bonds is 7. The van der Waals surface area contributed by atoms with E-state index in [0.29, 0.717) is 48.3 Å². The number of halogens is 1. The van der Waals surface area contributed by atoms with Crippen molar-refractivity contribution in [1.29, 1.82) is 0 Å². The predicted molar refractivity (Wildman–Crippen MR) is 217 cm³/mol. The molecular formula is C45H46ClN5O4. The van der Waals surface area contributed by atoms with Gasteiger partial charge in [0.15, 0.2) is 0 Å². The van der Waals surface area contributed by atoms with E-state index >= 15 is 9.59 Å². The number of morpholine rings is 1. The maximum Gasteiger partial charge on any atom is 0.279 e. The third-order valence-corrected chi connectivity index (χ3v) is 12.2. The molecule has 4 aliphatic rings. The molecule has 1 aromatic heterocycles. The van der Waals surface area contributed by atoms with E-state index in [9.17, 15) is 5.11 Å². The van der Waals surface area contributed by atoms with Gasteiger partial charge in [-0.25, -0.2) is 0 Å². The van der Waals surface area contributed by atoms with Crippen LogP contribution in [0.3, 0.4) is 0 Å². The molecule has 0 aliphatic carbocycles. The van der Waals surface area contributed by atoms with Crippen molar-refractivity contribution in [3.63, 3.8) is 0 Å². The topological polar surface area (TPSA) is 81.5 Å². The molecule has 2 amide bonds. The molecule has 10 heteroatoms. The number of phenols is 1. The molecule has 1 saturated heterocycles. The van der Waals surface area contributed by atoms with E-state index in [4.69, 9.17) is 16.3 Å². The van der Waals surface area contributed by atoms with Crippen molar-refractivity contribution in [3.8, 4) is 16.9 Å². The van der Waals surface area contributed by atoms with Gasteiger partial charge in [-0.1, -0.05) is 35.9 Å². The molecule has 1 N–H and O–H groups in total. The summed E-state index contributed by atoms with van der Waals surface area (Å²) in [4.78, 5) is 38.6. The van der Waals surface area contributed by atoms with Crippen LogP contribution >= 0.6 is 11.6 Å². The maximum absolute atomic E-state index is 15.1. The summed E-state index contributed by atoms with van der Waals surface area (Å²) in [6.45, 7) is 6.04. The summed E-state index contributed by atoms with van der Waals surface area (Å²) in [5.41, 5.74) is 10.1. The Morgan fingerprint density at radius 2 is 1.60 bits per heavy atom. The first-order chi connectivity index (χ1) is 26.8. The number of fused-ring (bicyclic) bond motifs is 3. The minimum absolute atomic E-state index is 0.00454. The lowest BCUT2D eigenvalue weighted by atomic mass is 9.91. The van der Waals surface area contributed by atoms with Crippen LogP contribution in [0.25, 0.3) is 11.1 Å². The van der Waals surface area contributed by atoms with Gasteiger partial charge in [0.2, 0.25) is 0 Å². The minimum atomic E-state index is -0.167. The second-order valence-electron chi connectivity index (χ2n) is 15.3. The Hall–Kier alpha value is -5.09. The van der Waals surface area contributed by atoms with Crippen LogP contribution in [0.4, 0.5) is 17.1 Å². The highest BCUT2D eigenvalue weighted by molar-refractivity contribution is 6.31. The lowest BCUT2D eigenvalue weighted by Gasteiger charge is -2.40. The first-order valence-corrected chi connectivity index (χ1v) is 19.9. The fourth-order valence-electron chi connectivity index (χ4n) is 9.03. The highest BCUT2D eigenvalue weighted by atomic mass is 35.5. The molecule has 1 fully saturated rings. The molecule has 55 heavy (non-hydrogen) atoms. The van der Waals surface area contributed by atoms with Crippen LogP contribution < -0.4 is 9.80 Å². The second-order valence-corrected chi connectivity index (χ2v) is 15.7. The van der Waals surface area contributed by atoms with E-state index in [1.165, 1.54) is 22.4 Å². The molecular weight excluding hydrogens is 710 g/mol. The number of hydrogen-bond acceptors (Lipinski definition) is 6. The normalized spacial score (nSPS) is 18.1. The number of carbonyl (C=O) groups excluding carboxylic acids is 2. The van der Waals surface area contributed by atoms with Gasteiger partial charge in [0.1, 0.15) is 11.4 Å². The molecule has 4 aliphatic heterocycles. The molecule has 1 atom stereocenters. The smallest absolute Gasteiger partial charge is 0.279 e. The number of hydrogen-bond donors (Lipinski definition) is 1. The predicted octanol–water partition coefficient (Wildman–Crippen LogP) is 7.72. The van der Waals surface area contributed by atoms with Crippen LogP contribution in [0.15, 0.2) is 91.0 Å². The van der Waals surface area contributed by atoms with E-state index in [0.717, 1.165) is 80.8 Å². The fourth-order valence-corrected chi connectivity index (χ4v) is 9.20. The third kappa shape index (κ3) is 6.79. The van der Waals surface area contributed by atoms with Crippen LogP contribution in [-0.2, 0) is 37.1 Å². The van der Waals surface area contributed by atoms with Crippen molar-refractivity contribution in [2.45, 2.75) is 51.2 Å². The molecule has 5 aromatic rings. The van der Waals surface area contributed by atoms with Crippen molar-refractivity contribution < 1.29 is 19.4 Å². The number of amides is 2. The summed E-state index contributed by atoms with van der Waals surface area (Å²) >= 11 is 6.76. The third-order valence-electron chi connectivity index (χ3n) is 11.9. The Balaban J connectivity index is 1.12. The molecule has 0 radical (unpaired) electrons. The highest BCUT2D eigenvalue weighted by Gasteiger charge is 2.35. The van der Waals surface area contributed by atoms with E-state index in [-0.39, 0.29) is 23.6 Å². The number of carbonyl (C=O) groups is 2. The molecule has 0 spiro atoms. The summed E-state index contributed by atoms with van der Waals surface area (Å²) in [6, 6.07) is 29.0. The zero-order valence-corrected chi connectivity index (χ0v) is 32.0. The summed E-state index contributed by atoms with van der Waals surface area (Å²) in [5.74, 6) is -0.0620. The van der Waals surface area contributed by atoms with Gasteiger partial charge >= 0.3 is 0 Å². The Bertz CT molecular complexity index is 2260. The van der Waals surface area contributed by atoms with Crippen LogP contribution in [-0.4, -0.2) is 83.8 Å². The summed E-state index contributed by atoms with van der Waals surface area (Å²) in [6.07, 6.45) is 4.41. The quantitative estimate of drug-likeness (QED) is 0.183. The molecule has 9 nitrogen and oxygen atoms in total. The molecule has 282 valence electrons. The summed E-state index contributed by atoms with van der Waals surface area (Å²) in [7, 11) is 2.09. The summed E-state index contributed by atoms with van der Waals surface area (Å²) < 4.78 is 7.80. The van der Waals surface area contributed by atoms with Gasteiger partial charge in [-0.05, 0) is 121 Å². The van der Waals surface area contributed by atoms with Crippen molar-refractivity contribution in [1.82, 2.24) is 14.4 Å². The van der Waals surface area contributed by atoms with Gasteiger partial charge in [0.05, 0.1) is 13.2 Å². The number of likely N-dealkylation sites (N-methyl/N-ethyl adjacent to an activating group) is 1. The monoisotopic (exact) mass is 755 g/mol. The number of phenolic OH excluding ortho intramolecular Hbond substituents is 1. The van der Waals surface area contributed by atoms with Crippen LogP contribution in [0, 0.1) is 0 Å². The van der Waals surface area contributed by atoms with E-state index in [1.807, 2.05) is 30.3 Å². The van der Waals surface area contributed by atoms with Gasteiger partial charge < -0.3 is 24.2 Å². The first-order valence-electron chi connectivity index (χ1n) is 19.5.